The van der Waals surface area contributed by atoms with Crippen molar-refractivity contribution in [1.82, 2.24) is 19.9 Å². The van der Waals surface area contributed by atoms with Gasteiger partial charge in [-0.25, -0.2) is 4.98 Å². The average molecular weight is 419 g/mol. The number of fused-ring (bicyclic) bond motifs is 2. The minimum absolute atomic E-state index is 0.641. The van der Waals surface area contributed by atoms with Gasteiger partial charge < -0.3 is 4.74 Å². The zero-order valence-corrected chi connectivity index (χ0v) is 20.0. The Bertz CT molecular complexity index is 1070. The van der Waals surface area contributed by atoms with Crippen LogP contribution in [0.15, 0.2) is 55.5 Å². The first kappa shape index (κ1) is 27.5. The van der Waals surface area contributed by atoms with Crippen LogP contribution >= 0.6 is 0 Å². The van der Waals surface area contributed by atoms with Crippen molar-refractivity contribution in [2.45, 2.75) is 48.5 Å². The summed E-state index contributed by atoms with van der Waals surface area (Å²) >= 11 is 0. The van der Waals surface area contributed by atoms with Gasteiger partial charge in [0.25, 0.3) is 0 Å². The van der Waals surface area contributed by atoms with Crippen LogP contribution in [0.3, 0.4) is 0 Å². The molecule has 0 aliphatic rings. The molecule has 5 heteroatoms. The zero-order chi connectivity index (χ0) is 23.6. The summed E-state index contributed by atoms with van der Waals surface area (Å²) in [7, 11) is 1.62. The van der Waals surface area contributed by atoms with Crippen molar-refractivity contribution in [2.24, 2.45) is 0 Å². The second-order valence-corrected chi connectivity index (χ2v) is 5.33. The monoisotopic (exact) mass is 418 g/mol. The summed E-state index contributed by atoms with van der Waals surface area (Å²) in [5.41, 5.74) is 1.95. The van der Waals surface area contributed by atoms with E-state index in [-0.39, 0.29) is 0 Å². The van der Waals surface area contributed by atoms with Crippen LogP contribution in [0.4, 0.5) is 0 Å². The van der Waals surface area contributed by atoms with Crippen LogP contribution in [0.2, 0.25) is 0 Å². The minimum Gasteiger partial charge on any atom is -0.481 e. The summed E-state index contributed by atoms with van der Waals surface area (Å²) in [5.74, 6) is 3.22. The van der Waals surface area contributed by atoms with Crippen molar-refractivity contribution >= 4 is 21.5 Å². The summed E-state index contributed by atoms with van der Waals surface area (Å²) in [4.78, 5) is 16.2. The lowest BCUT2D eigenvalue weighted by atomic mass is 10.1. The number of aromatic nitrogens is 4. The fourth-order valence-corrected chi connectivity index (χ4v) is 2.43. The molecule has 0 unspecified atom stereocenters. The Morgan fingerprint density at radius 3 is 1.97 bits per heavy atom. The largest absolute Gasteiger partial charge is 0.481 e. The summed E-state index contributed by atoms with van der Waals surface area (Å²) in [6.45, 7) is 14.0. The number of rotatable bonds is 1. The molecule has 4 aromatic heterocycles. The molecule has 0 radical (unpaired) electrons. The van der Waals surface area contributed by atoms with E-state index in [1.807, 2.05) is 66.8 Å². The van der Waals surface area contributed by atoms with Gasteiger partial charge in [0.1, 0.15) is 0 Å². The van der Waals surface area contributed by atoms with Gasteiger partial charge >= 0.3 is 0 Å². The molecular weight excluding hydrogens is 384 g/mol. The molecule has 0 amide bonds. The highest BCUT2D eigenvalue weighted by Gasteiger charge is 2.00. The van der Waals surface area contributed by atoms with Crippen molar-refractivity contribution < 1.29 is 4.74 Å². The molecule has 0 bridgehead atoms. The third kappa shape index (κ3) is 8.02. The van der Waals surface area contributed by atoms with Crippen molar-refractivity contribution in [1.29, 1.82) is 0 Å². The van der Waals surface area contributed by atoms with E-state index in [0.717, 1.165) is 32.7 Å². The van der Waals surface area contributed by atoms with E-state index in [0.29, 0.717) is 5.88 Å². The number of aryl methyl sites for hydroxylation is 1. The highest BCUT2D eigenvalue weighted by Crippen LogP contribution is 2.19. The van der Waals surface area contributed by atoms with Gasteiger partial charge in [0.05, 0.1) is 12.7 Å². The summed E-state index contributed by atoms with van der Waals surface area (Å²) < 4.78 is 5.05. The molecule has 0 atom stereocenters. The van der Waals surface area contributed by atoms with Crippen molar-refractivity contribution in [3.8, 4) is 18.2 Å². The molecule has 4 heterocycles. The quantitative estimate of drug-likeness (QED) is 0.324. The maximum absolute atomic E-state index is 5.31. The smallest absolute Gasteiger partial charge is 0.213 e. The van der Waals surface area contributed by atoms with Gasteiger partial charge in [-0.3, -0.25) is 15.0 Å². The first-order valence-electron chi connectivity index (χ1n) is 10.6. The predicted octanol–water partition coefficient (Wildman–Crippen LogP) is 6.64. The van der Waals surface area contributed by atoms with Gasteiger partial charge in [-0.2, -0.15) is 0 Å². The lowest BCUT2D eigenvalue weighted by molar-refractivity contribution is 0.398. The van der Waals surface area contributed by atoms with E-state index in [2.05, 4.69) is 25.9 Å². The van der Waals surface area contributed by atoms with Crippen molar-refractivity contribution in [3.05, 3.63) is 66.6 Å². The fraction of sp³-hybridized carbons (Fsp3) is 0.308. The first-order valence-corrected chi connectivity index (χ1v) is 10.6. The van der Waals surface area contributed by atoms with Crippen LogP contribution in [-0.4, -0.2) is 27.0 Å². The molecule has 0 aliphatic carbocycles. The normalized spacial score (nSPS) is 8.61. The number of methoxy groups -OCH3 is 1. The summed E-state index contributed by atoms with van der Waals surface area (Å²) in [5, 5.41) is 4.19. The molecule has 0 fully saturated rings. The van der Waals surface area contributed by atoms with E-state index < -0.39 is 0 Å². The molecule has 0 spiro atoms. The molecule has 0 N–H and O–H groups in total. The average Bonchev–Trinajstić information content (AvgIpc) is 2.88. The Labute approximate surface area is 187 Å². The predicted molar refractivity (Wildman–Crippen MR) is 132 cm³/mol. The second kappa shape index (κ2) is 16.3. The van der Waals surface area contributed by atoms with Gasteiger partial charge in [-0.15, -0.1) is 6.42 Å². The van der Waals surface area contributed by atoms with Gasteiger partial charge in [-0.1, -0.05) is 47.5 Å². The molecule has 0 saturated heterocycles. The third-order valence-electron chi connectivity index (χ3n) is 3.74. The molecular formula is C26H34N4O. The Balaban J connectivity index is 0.000000470. The van der Waals surface area contributed by atoms with E-state index in [4.69, 9.17) is 11.2 Å². The van der Waals surface area contributed by atoms with Crippen molar-refractivity contribution in [3.63, 3.8) is 0 Å². The Kier molecular flexibility index (Phi) is 14.4. The van der Waals surface area contributed by atoms with E-state index in [9.17, 15) is 0 Å². The highest BCUT2D eigenvalue weighted by molar-refractivity contribution is 5.86. The van der Waals surface area contributed by atoms with Crippen LogP contribution in [0, 0.1) is 19.3 Å². The van der Waals surface area contributed by atoms with Crippen LogP contribution < -0.4 is 4.74 Å². The fourth-order valence-electron chi connectivity index (χ4n) is 2.43. The zero-order valence-electron chi connectivity index (χ0n) is 20.0. The number of pyridine rings is 4. The number of hydrogen-bond donors (Lipinski definition) is 0. The summed E-state index contributed by atoms with van der Waals surface area (Å²) in [6.07, 6.45) is 17.6. The van der Waals surface area contributed by atoms with Gasteiger partial charge in [-0.05, 0) is 23.9 Å². The minimum atomic E-state index is 0.641. The SMILES string of the molecule is C#Cc1cncc2cnccc12.CC.CC.CC.COc1cc2c(C)cncc2cn1. The molecule has 5 nitrogen and oxygen atoms in total. The Hall–Kier alpha value is -3.52. The lowest BCUT2D eigenvalue weighted by Crippen LogP contribution is -1.88. The molecule has 0 aromatic carbocycles. The first-order chi connectivity index (χ1) is 15.2. The van der Waals surface area contributed by atoms with E-state index in [1.54, 1.807) is 44.3 Å². The van der Waals surface area contributed by atoms with Crippen LogP contribution in [0.1, 0.15) is 52.7 Å². The number of terminal acetylenes is 1. The highest BCUT2D eigenvalue weighted by atomic mass is 16.5. The maximum Gasteiger partial charge on any atom is 0.213 e. The molecule has 0 aliphatic heterocycles. The van der Waals surface area contributed by atoms with Crippen LogP contribution in [0.5, 0.6) is 5.88 Å². The standard InChI is InChI=1S/C10H10N2O.C10H6N2.3C2H6/c1-7-4-11-5-8-6-12-10(13-2)3-9(7)8;1-2-8-5-12-7-9-6-11-4-3-10(8)9;3*1-2/h3-6H,1-2H3;1,3-7H;3*1-2H3. The number of nitrogens with zero attached hydrogens (tertiary/aromatic N) is 4. The maximum atomic E-state index is 5.31. The third-order valence-corrected chi connectivity index (χ3v) is 3.74. The van der Waals surface area contributed by atoms with E-state index in [1.165, 1.54) is 0 Å². The molecule has 0 saturated carbocycles. The number of hydrogen-bond acceptors (Lipinski definition) is 5. The van der Waals surface area contributed by atoms with E-state index >= 15 is 0 Å². The van der Waals surface area contributed by atoms with Crippen molar-refractivity contribution in [2.75, 3.05) is 7.11 Å². The Morgan fingerprint density at radius 1 is 0.774 bits per heavy atom. The van der Waals surface area contributed by atoms with Crippen LogP contribution in [-0.2, 0) is 0 Å². The topological polar surface area (TPSA) is 60.8 Å². The molecule has 164 valence electrons. The van der Waals surface area contributed by atoms with Gasteiger partial charge in [0.2, 0.25) is 5.88 Å². The van der Waals surface area contributed by atoms with Crippen LogP contribution in [0.25, 0.3) is 21.5 Å². The second-order valence-electron chi connectivity index (χ2n) is 5.33. The summed E-state index contributed by atoms with van der Waals surface area (Å²) in [6, 6.07) is 3.82. The van der Waals surface area contributed by atoms with Gasteiger partial charge in [0, 0.05) is 65.6 Å². The molecule has 4 rings (SSSR count). The Morgan fingerprint density at radius 2 is 1.35 bits per heavy atom. The van der Waals surface area contributed by atoms with Gasteiger partial charge in [0.15, 0.2) is 0 Å². The lowest BCUT2D eigenvalue weighted by Gasteiger charge is -2.02. The molecule has 31 heavy (non-hydrogen) atoms. The number of ether oxygens (including phenoxy) is 1. The molecule has 4 aromatic rings.